The van der Waals surface area contributed by atoms with Gasteiger partial charge in [-0.15, -0.1) is 0 Å². The molecule has 0 aliphatic rings. The maximum atomic E-state index is 11.9. The number of amides is 1. The van der Waals surface area contributed by atoms with Crippen LogP contribution < -0.4 is 10.9 Å². The van der Waals surface area contributed by atoms with Crippen molar-refractivity contribution in [3.8, 4) is 11.3 Å². The zero-order chi connectivity index (χ0) is 16.2. The molecular formula is C14H11ClN6O2. The van der Waals surface area contributed by atoms with Crippen molar-refractivity contribution in [2.24, 2.45) is 0 Å². The third-order valence-corrected chi connectivity index (χ3v) is 3.31. The normalized spacial score (nSPS) is 10.5. The lowest BCUT2D eigenvalue weighted by Gasteiger charge is -2.08. The number of halogens is 1. The molecule has 2 heterocycles. The molecule has 0 saturated heterocycles. The minimum atomic E-state index is -0.451. The standard InChI is InChI=1S/C14H11ClN6O2/c15-10-4-2-1-3-9(10)11-5-6-13(23)21(20-11)7-12(22)18-14-16-8-17-19-14/h1-6,8H,7H2,(H2,16,17,18,19,22). The highest BCUT2D eigenvalue weighted by molar-refractivity contribution is 6.33. The summed E-state index contributed by atoms with van der Waals surface area (Å²) in [6, 6.07) is 10.0. The molecule has 9 heteroatoms. The highest BCUT2D eigenvalue weighted by Gasteiger charge is 2.10. The summed E-state index contributed by atoms with van der Waals surface area (Å²) in [6.07, 6.45) is 1.26. The molecule has 1 amide bonds. The fourth-order valence-electron chi connectivity index (χ4n) is 1.95. The smallest absolute Gasteiger partial charge is 0.267 e. The summed E-state index contributed by atoms with van der Waals surface area (Å²) in [5, 5.41) is 13.3. The maximum absolute atomic E-state index is 11.9. The van der Waals surface area contributed by atoms with Gasteiger partial charge in [-0.25, -0.2) is 9.78 Å². The molecule has 3 rings (SSSR count). The van der Waals surface area contributed by atoms with Crippen LogP contribution in [0, 0.1) is 0 Å². The molecule has 2 N–H and O–H groups in total. The highest BCUT2D eigenvalue weighted by atomic mass is 35.5. The van der Waals surface area contributed by atoms with E-state index in [1.165, 1.54) is 12.4 Å². The van der Waals surface area contributed by atoms with Crippen LogP contribution in [-0.2, 0) is 11.3 Å². The summed E-state index contributed by atoms with van der Waals surface area (Å²) < 4.78 is 1.06. The number of nitrogens with one attached hydrogen (secondary N) is 2. The van der Waals surface area contributed by atoms with Crippen molar-refractivity contribution >= 4 is 23.5 Å². The number of hydrogen-bond donors (Lipinski definition) is 2. The number of anilines is 1. The van der Waals surface area contributed by atoms with Crippen LogP contribution in [0.25, 0.3) is 11.3 Å². The van der Waals surface area contributed by atoms with Crippen molar-refractivity contribution in [1.82, 2.24) is 25.0 Å². The van der Waals surface area contributed by atoms with Gasteiger partial charge in [0.05, 0.1) is 10.7 Å². The van der Waals surface area contributed by atoms with E-state index in [9.17, 15) is 9.59 Å². The third-order valence-electron chi connectivity index (χ3n) is 2.98. The number of benzene rings is 1. The number of rotatable bonds is 4. The summed E-state index contributed by atoms with van der Waals surface area (Å²) in [6.45, 7) is -0.252. The molecule has 0 bridgehead atoms. The van der Waals surface area contributed by atoms with E-state index in [2.05, 4.69) is 25.6 Å². The maximum Gasteiger partial charge on any atom is 0.267 e. The van der Waals surface area contributed by atoms with Crippen molar-refractivity contribution in [3.63, 3.8) is 0 Å². The van der Waals surface area contributed by atoms with Crippen molar-refractivity contribution < 1.29 is 4.79 Å². The average molecular weight is 331 g/mol. The molecule has 0 unspecified atom stereocenters. The number of carbonyl (C=O) groups is 1. The lowest BCUT2D eigenvalue weighted by atomic mass is 10.1. The monoisotopic (exact) mass is 330 g/mol. The van der Waals surface area contributed by atoms with Gasteiger partial charge in [-0.2, -0.15) is 15.2 Å². The second kappa shape index (κ2) is 6.41. The molecular weight excluding hydrogens is 320 g/mol. The first-order valence-corrected chi connectivity index (χ1v) is 6.99. The number of hydrogen-bond acceptors (Lipinski definition) is 5. The van der Waals surface area contributed by atoms with E-state index in [0.717, 1.165) is 4.68 Å². The van der Waals surface area contributed by atoms with Crippen LogP contribution in [0.1, 0.15) is 0 Å². The SMILES string of the molecule is O=C(Cn1nc(-c2ccccc2Cl)ccc1=O)Nc1ncn[nH]1. The predicted molar refractivity (Wildman–Crippen MR) is 84.0 cm³/mol. The molecule has 0 aliphatic heterocycles. The fraction of sp³-hybridized carbons (Fsp3) is 0.0714. The minimum absolute atomic E-state index is 0.199. The fourth-order valence-corrected chi connectivity index (χ4v) is 2.18. The zero-order valence-corrected chi connectivity index (χ0v) is 12.5. The van der Waals surface area contributed by atoms with Gasteiger partial charge in [0.2, 0.25) is 11.9 Å². The number of aromatic nitrogens is 5. The molecule has 0 spiro atoms. The van der Waals surface area contributed by atoms with Gasteiger partial charge < -0.3 is 0 Å². The quantitative estimate of drug-likeness (QED) is 0.750. The van der Waals surface area contributed by atoms with E-state index >= 15 is 0 Å². The lowest BCUT2D eigenvalue weighted by Crippen LogP contribution is -2.29. The second-order valence-corrected chi connectivity index (χ2v) is 4.98. The number of carbonyl (C=O) groups excluding carboxylic acids is 1. The summed E-state index contributed by atoms with van der Waals surface area (Å²) in [5.74, 6) is -0.252. The molecule has 8 nitrogen and oxygen atoms in total. The topological polar surface area (TPSA) is 106 Å². The number of H-pyrrole nitrogens is 1. The van der Waals surface area contributed by atoms with E-state index in [0.29, 0.717) is 16.3 Å². The van der Waals surface area contributed by atoms with E-state index < -0.39 is 11.5 Å². The van der Waals surface area contributed by atoms with Crippen LogP contribution in [0.3, 0.4) is 0 Å². The van der Waals surface area contributed by atoms with Gasteiger partial charge in [0.1, 0.15) is 12.9 Å². The first-order valence-electron chi connectivity index (χ1n) is 6.62. The van der Waals surface area contributed by atoms with E-state index in [1.54, 1.807) is 24.3 Å². The molecule has 0 atom stereocenters. The summed E-state index contributed by atoms with van der Waals surface area (Å²) in [4.78, 5) is 27.6. The van der Waals surface area contributed by atoms with E-state index in [4.69, 9.17) is 11.6 Å². The van der Waals surface area contributed by atoms with Gasteiger partial charge in [0.15, 0.2) is 0 Å². The molecule has 116 valence electrons. The number of nitrogens with zero attached hydrogens (tertiary/aromatic N) is 4. The zero-order valence-electron chi connectivity index (χ0n) is 11.7. The van der Waals surface area contributed by atoms with Crippen LogP contribution in [0.5, 0.6) is 0 Å². The molecule has 0 saturated carbocycles. The molecule has 0 aliphatic carbocycles. The Morgan fingerprint density at radius 1 is 1.26 bits per heavy atom. The Bertz CT molecular complexity index is 890. The van der Waals surface area contributed by atoms with Crippen LogP contribution in [0.2, 0.25) is 5.02 Å². The average Bonchev–Trinajstić information content (AvgIpc) is 3.03. The van der Waals surface area contributed by atoms with Crippen LogP contribution in [-0.4, -0.2) is 30.9 Å². The van der Waals surface area contributed by atoms with Crippen molar-refractivity contribution in [3.05, 3.63) is 58.1 Å². The largest absolute Gasteiger partial charge is 0.293 e. The second-order valence-electron chi connectivity index (χ2n) is 4.58. The van der Waals surface area contributed by atoms with Crippen molar-refractivity contribution in [2.45, 2.75) is 6.54 Å². The van der Waals surface area contributed by atoms with Gasteiger partial charge in [0.25, 0.3) is 5.56 Å². The minimum Gasteiger partial charge on any atom is -0.293 e. The van der Waals surface area contributed by atoms with Gasteiger partial charge in [0, 0.05) is 11.6 Å². The summed E-state index contributed by atoms with van der Waals surface area (Å²) in [5.41, 5.74) is 0.787. The predicted octanol–water partition coefficient (Wildman–Crippen LogP) is 1.32. The third kappa shape index (κ3) is 3.43. The summed E-state index contributed by atoms with van der Waals surface area (Å²) in [7, 11) is 0. The first kappa shape index (κ1) is 14.9. The molecule has 0 radical (unpaired) electrons. The Morgan fingerprint density at radius 3 is 2.83 bits per heavy atom. The molecule has 23 heavy (non-hydrogen) atoms. The molecule has 3 aromatic rings. The Balaban J connectivity index is 1.85. The Hall–Kier alpha value is -3.00. The van der Waals surface area contributed by atoms with Crippen LogP contribution >= 0.6 is 11.6 Å². The number of aromatic amines is 1. The van der Waals surface area contributed by atoms with Gasteiger partial charge in [-0.1, -0.05) is 29.8 Å². The lowest BCUT2D eigenvalue weighted by molar-refractivity contribution is -0.117. The first-order chi connectivity index (χ1) is 11.1. The molecule has 2 aromatic heterocycles. The molecule has 1 aromatic carbocycles. The van der Waals surface area contributed by atoms with Gasteiger partial charge >= 0.3 is 0 Å². The Labute approximate surface area is 135 Å². The van der Waals surface area contributed by atoms with Gasteiger partial charge in [-0.05, 0) is 12.1 Å². The molecule has 0 fully saturated rings. The van der Waals surface area contributed by atoms with Crippen molar-refractivity contribution in [1.29, 1.82) is 0 Å². The van der Waals surface area contributed by atoms with Crippen molar-refractivity contribution in [2.75, 3.05) is 5.32 Å². The van der Waals surface area contributed by atoms with E-state index in [-0.39, 0.29) is 12.5 Å². The van der Waals surface area contributed by atoms with Gasteiger partial charge in [-0.3, -0.25) is 14.9 Å². The highest BCUT2D eigenvalue weighted by Crippen LogP contribution is 2.24. The Kier molecular flexibility index (Phi) is 4.15. The van der Waals surface area contributed by atoms with Crippen LogP contribution in [0.15, 0.2) is 47.5 Å². The van der Waals surface area contributed by atoms with Crippen LogP contribution in [0.4, 0.5) is 5.95 Å². The Morgan fingerprint density at radius 2 is 2.09 bits per heavy atom. The summed E-state index contributed by atoms with van der Waals surface area (Å²) >= 11 is 6.13. The van der Waals surface area contributed by atoms with E-state index in [1.807, 2.05) is 6.07 Å².